The molecule has 0 spiro atoms. The van der Waals surface area contributed by atoms with Crippen molar-refractivity contribution in [3.8, 4) is 0 Å². The maximum atomic E-state index is 2.44. The van der Waals surface area contributed by atoms with Gasteiger partial charge in [-0.2, -0.15) is 0 Å². The van der Waals surface area contributed by atoms with Crippen molar-refractivity contribution in [3.63, 3.8) is 0 Å². The van der Waals surface area contributed by atoms with Crippen LogP contribution in [-0.2, 0) is 0 Å². The van der Waals surface area contributed by atoms with Crippen molar-refractivity contribution in [2.75, 3.05) is 0 Å². The molecule has 1 aromatic rings. The molecule has 9 unspecified atom stereocenters. The Labute approximate surface area is 256 Å². The molecule has 0 heterocycles. The van der Waals surface area contributed by atoms with Crippen molar-refractivity contribution < 1.29 is 0 Å². The molecule has 1 aromatic carbocycles. The molecule has 6 aliphatic rings. The van der Waals surface area contributed by atoms with E-state index in [2.05, 4.69) is 105 Å². The highest BCUT2D eigenvalue weighted by molar-refractivity contribution is 5.19. The van der Waals surface area contributed by atoms with Gasteiger partial charge in [-0.25, -0.2) is 0 Å². The first-order valence-electron chi connectivity index (χ1n) is 18.3. The second-order valence-corrected chi connectivity index (χ2v) is 16.8. The summed E-state index contributed by atoms with van der Waals surface area (Å²) >= 11 is 0. The van der Waals surface area contributed by atoms with Crippen LogP contribution in [0.4, 0.5) is 0 Å². The third-order valence-electron chi connectivity index (χ3n) is 12.8. The van der Waals surface area contributed by atoms with Crippen LogP contribution in [0.1, 0.15) is 138 Å². The van der Waals surface area contributed by atoms with Crippen LogP contribution >= 0.6 is 0 Å². The number of benzene rings is 1. The number of hydrogen-bond donors (Lipinski definition) is 0. The third-order valence-corrected chi connectivity index (χ3v) is 12.8. The van der Waals surface area contributed by atoms with Gasteiger partial charge in [-0.05, 0) is 140 Å². The van der Waals surface area contributed by atoms with E-state index < -0.39 is 0 Å². The molecule has 232 valence electrons. The topological polar surface area (TPSA) is 0 Å². The van der Waals surface area contributed by atoms with Crippen molar-refractivity contribution in [1.29, 1.82) is 0 Å². The molecule has 0 aliphatic heterocycles. The molecule has 0 N–H and O–H groups in total. The number of hydrogen-bond acceptors (Lipinski definition) is 0. The monoisotopic (exact) mass is 561 g/mol. The average Bonchev–Trinajstić information content (AvgIpc) is 3.81. The molecule has 0 heteroatoms. The SMILES string of the molecule is CC(C)C1CC2C=CC1C2.CC(C)C1CC2CCC1C2.CC(C)C1CC2CCC1C2.CC(C)[C@@H](C)c1ccccc1. The van der Waals surface area contributed by atoms with Crippen LogP contribution in [0.25, 0.3) is 0 Å². The van der Waals surface area contributed by atoms with E-state index in [1.54, 1.807) is 51.4 Å². The summed E-state index contributed by atoms with van der Waals surface area (Å²) < 4.78 is 0. The lowest BCUT2D eigenvalue weighted by atomic mass is 9.81. The minimum absolute atomic E-state index is 0.677. The van der Waals surface area contributed by atoms with E-state index >= 15 is 0 Å². The second kappa shape index (κ2) is 15.1. The Kier molecular flexibility index (Phi) is 12.1. The van der Waals surface area contributed by atoms with Crippen molar-refractivity contribution in [3.05, 3.63) is 48.0 Å². The van der Waals surface area contributed by atoms with Gasteiger partial charge in [0.15, 0.2) is 0 Å². The predicted molar refractivity (Wildman–Crippen MR) is 181 cm³/mol. The first-order chi connectivity index (χ1) is 19.5. The molecule has 0 radical (unpaired) electrons. The summed E-state index contributed by atoms with van der Waals surface area (Å²) in [5.41, 5.74) is 1.45. The Balaban J connectivity index is 0.000000126. The second-order valence-electron chi connectivity index (χ2n) is 16.8. The quantitative estimate of drug-likeness (QED) is 0.314. The van der Waals surface area contributed by atoms with Crippen LogP contribution in [0, 0.1) is 76.9 Å². The third kappa shape index (κ3) is 8.76. The Morgan fingerprint density at radius 1 is 0.512 bits per heavy atom. The van der Waals surface area contributed by atoms with Crippen molar-refractivity contribution in [2.24, 2.45) is 76.9 Å². The molecular weight excluding hydrogens is 492 g/mol. The molecule has 6 bridgehead atoms. The first kappa shape index (κ1) is 32.9. The minimum atomic E-state index is 0.677. The lowest BCUT2D eigenvalue weighted by molar-refractivity contribution is 0.256. The van der Waals surface area contributed by atoms with Crippen molar-refractivity contribution in [2.45, 2.75) is 132 Å². The van der Waals surface area contributed by atoms with Gasteiger partial charge in [0, 0.05) is 0 Å². The van der Waals surface area contributed by atoms with Gasteiger partial charge in [0.05, 0.1) is 0 Å². The molecular formula is C41H68. The Hall–Kier alpha value is -1.04. The van der Waals surface area contributed by atoms with E-state index in [4.69, 9.17) is 0 Å². The number of rotatable bonds is 5. The van der Waals surface area contributed by atoms with E-state index in [0.717, 1.165) is 76.9 Å². The average molecular weight is 561 g/mol. The van der Waals surface area contributed by atoms with Crippen LogP contribution in [0.2, 0.25) is 0 Å². The van der Waals surface area contributed by atoms with E-state index in [9.17, 15) is 0 Å². The molecule has 5 saturated carbocycles. The zero-order valence-electron chi connectivity index (χ0n) is 28.7. The van der Waals surface area contributed by atoms with Gasteiger partial charge in [0.1, 0.15) is 0 Å². The lowest BCUT2D eigenvalue weighted by Crippen LogP contribution is -2.15. The predicted octanol–water partition coefficient (Wildman–Crippen LogP) is 12.5. The summed E-state index contributed by atoms with van der Waals surface area (Å²) in [7, 11) is 0. The Morgan fingerprint density at radius 3 is 1.29 bits per heavy atom. The Bertz CT molecular complexity index is 873. The molecule has 0 saturated heterocycles. The fraction of sp³-hybridized carbons (Fsp3) is 0.805. The van der Waals surface area contributed by atoms with Crippen LogP contribution in [0.3, 0.4) is 0 Å². The number of fused-ring (bicyclic) bond motifs is 6. The fourth-order valence-electron chi connectivity index (χ4n) is 9.95. The molecule has 0 nitrogen and oxygen atoms in total. The molecule has 7 rings (SSSR count). The zero-order chi connectivity index (χ0) is 29.7. The maximum Gasteiger partial charge on any atom is -0.0167 e. The van der Waals surface area contributed by atoms with Crippen LogP contribution < -0.4 is 0 Å². The smallest absolute Gasteiger partial charge is 0.0167 e. The summed E-state index contributed by atoms with van der Waals surface area (Å²) in [6, 6.07) is 10.7. The first-order valence-corrected chi connectivity index (χ1v) is 18.3. The molecule has 6 aliphatic carbocycles. The van der Waals surface area contributed by atoms with E-state index in [0.29, 0.717) is 5.92 Å². The maximum absolute atomic E-state index is 2.44. The van der Waals surface area contributed by atoms with Gasteiger partial charge in [0.2, 0.25) is 0 Å². The van der Waals surface area contributed by atoms with E-state index in [-0.39, 0.29) is 0 Å². The van der Waals surface area contributed by atoms with Gasteiger partial charge in [-0.3, -0.25) is 0 Å². The highest BCUT2D eigenvalue weighted by atomic mass is 14.5. The van der Waals surface area contributed by atoms with E-state index in [1.165, 1.54) is 18.4 Å². The van der Waals surface area contributed by atoms with Gasteiger partial charge in [0.25, 0.3) is 0 Å². The van der Waals surface area contributed by atoms with Crippen LogP contribution in [-0.4, -0.2) is 0 Å². The number of allylic oxidation sites excluding steroid dienone is 2. The van der Waals surface area contributed by atoms with Gasteiger partial charge >= 0.3 is 0 Å². The molecule has 0 amide bonds. The fourth-order valence-corrected chi connectivity index (χ4v) is 9.95. The summed E-state index contributed by atoms with van der Waals surface area (Å²) in [6.07, 6.45) is 20.3. The summed E-state index contributed by atoms with van der Waals surface area (Å²) in [5.74, 6) is 13.9. The summed E-state index contributed by atoms with van der Waals surface area (Å²) in [5, 5.41) is 0. The highest BCUT2D eigenvalue weighted by Gasteiger charge is 2.41. The lowest BCUT2D eigenvalue weighted by Gasteiger charge is -2.24. The van der Waals surface area contributed by atoms with Gasteiger partial charge in [-0.15, -0.1) is 0 Å². The highest BCUT2D eigenvalue weighted by Crippen LogP contribution is 2.51. The standard InChI is InChI=1S/C11H16.2C10H18.C10H16/c1-9(2)10(3)11-7-5-4-6-8-11;3*1-7(2)10-6-8-3-4-9(10)5-8/h4-10H,1-3H3;2*7-10H,3-6H2,1-2H3;3-4,7-10H,5-6H2,1-2H3/t10-;;;/m1.../s1. The van der Waals surface area contributed by atoms with Crippen molar-refractivity contribution >= 4 is 0 Å². The van der Waals surface area contributed by atoms with Crippen LogP contribution in [0.15, 0.2) is 42.5 Å². The molecule has 41 heavy (non-hydrogen) atoms. The summed E-state index contributed by atoms with van der Waals surface area (Å²) in [4.78, 5) is 0. The molecule has 10 atom stereocenters. The van der Waals surface area contributed by atoms with E-state index in [1.807, 2.05) is 0 Å². The minimum Gasteiger partial charge on any atom is -0.0851 e. The summed E-state index contributed by atoms with van der Waals surface area (Å²) in [6.45, 7) is 21.1. The van der Waals surface area contributed by atoms with Crippen LogP contribution in [0.5, 0.6) is 0 Å². The molecule has 0 aromatic heterocycles. The Morgan fingerprint density at radius 2 is 1.02 bits per heavy atom. The van der Waals surface area contributed by atoms with Crippen molar-refractivity contribution in [1.82, 2.24) is 0 Å². The zero-order valence-corrected chi connectivity index (χ0v) is 28.7. The normalized spacial score (nSPS) is 36.4. The van der Waals surface area contributed by atoms with Gasteiger partial charge in [-0.1, -0.05) is 118 Å². The molecule has 5 fully saturated rings. The largest absolute Gasteiger partial charge is 0.0851 e. The van der Waals surface area contributed by atoms with Gasteiger partial charge < -0.3 is 0 Å².